The van der Waals surface area contributed by atoms with Gasteiger partial charge in [0.2, 0.25) is 11.8 Å². The number of nitrogens with zero attached hydrogens (tertiary/aromatic N) is 4. The SMILES string of the molecule is Cc1ccc([C@H](C(=O)NCc2ccco2)N(Cc2cccs2)C(=O)Cn2nnc3ccccc32)cc1. The number of para-hydroxylation sites is 1. The van der Waals surface area contributed by atoms with E-state index in [-0.39, 0.29) is 31.4 Å². The van der Waals surface area contributed by atoms with Gasteiger partial charge in [0.15, 0.2) is 0 Å². The van der Waals surface area contributed by atoms with Crippen molar-refractivity contribution in [1.29, 1.82) is 0 Å². The van der Waals surface area contributed by atoms with Crippen molar-refractivity contribution in [2.75, 3.05) is 0 Å². The van der Waals surface area contributed by atoms with Crippen molar-refractivity contribution in [3.8, 4) is 0 Å². The van der Waals surface area contributed by atoms with Crippen LogP contribution < -0.4 is 5.32 Å². The van der Waals surface area contributed by atoms with Crippen LogP contribution in [0.2, 0.25) is 0 Å². The van der Waals surface area contributed by atoms with E-state index in [4.69, 9.17) is 4.42 Å². The lowest BCUT2D eigenvalue weighted by atomic mass is 10.0. The highest BCUT2D eigenvalue weighted by atomic mass is 32.1. The Balaban J connectivity index is 1.49. The van der Waals surface area contributed by atoms with Crippen molar-refractivity contribution in [2.45, 2.75) is 32.6 Å². The summed E-state index contributed by atoms with van der Waals surface area (Å²) < 4.78 is 6.95. The first-order chi connectivity index (χ1) is 17.6. The number of rotatable bonds is 9. The summed E-state index contributed by atoms with van der Waals surface area (Å²) in [6.45, 7) is 2.46. The molecule has 5 aromatic rings. The molecule has 3 heterocycles. The standard InChI is InChI=1S/C27H25N5O3S/c1-19-10-12-20(13-11-19)26(27(34)28-16-21-6-4-14-35-21)31(17-22-7-5-15-36-22)25(33)18-32-24-9-3-2-8-23(24)29-30-32/h2-15,26H,16-18H2,1H3,(H,28,34)/t26-/m1/s1. The second-order valence-electron chi connectivity index (χ2n) is 8.45. The minimum absolute atomic E-state index is 0.0420. The topological polar surface area (TPSA) is 93.3 Å². The van der Waals surface area contributed by atoms with Gasteiger partial charge in [-0.2, -0.15) is 0 Å². The van der Waals surface area contributed by atoms with Crippen molar-refractivity contribution in [3.63, 3.8) is 0 Å². The van der Waals surface area contributed by atoms with Crippen LogP contribution in [-0.4, -0.2) is 31.7 Å². The largest absolute Gasteiger partial charge is 0.467 e. The number of thiophene rings is 1. The number of hydrogen-bond donors (Lipinski definition) is 1. The highest BCUT2D eigenvalue weighted by Crippen LogP contribution is 2.26. The smallest absolute Gasteiger partial charge is 0.247 e. The van der Waals surface area contributed by atoms with Gasteiger partial charge in [0, 0.05) is 4.88 Å². The Labute approximate surface area is 212 Å². The fourth-order valence-corrected chi connectivity index (χ4v) is 4.76. The van der Waals surface area contributed by atoms with Gasteiger partial charge in [-0.25, -0.2) is 4.68 Å². The lowest BCUT2D eigenvalue weighted by Gasteiger charge is -2.31. The third kappa shape index (κ3) is 5.21. The fraction of sp³-hybridized carbons (Fsp3) is 0.185. The van der Waals surface area contributed by atoms with E-state index in [9.17, 15) is 9.59 Å². The number of fused-ring (bicyclic) bond motifs is 1. The molecule has 2 amide bonds. The van der Waals surface area contributed by atoms with Crippen molar-refractivity contribution in [3.05, 3.63) is 106 Å². The van der Waals surface area contributed by atoms with Crippen LogP contribution in [0.25, 0.3) is 11.0 Å². The van der Waals surface area contributed by atoms with E-state index >= 15 is 0 Å². The van der Waals surface area contributed by atoms with Crippen molar-refractivity contribution in [2.24, 2.45) is 0 Å². The molecule has 0 aliphatic heterocycles. The molecule has 0 saturated carbocycles. The minimum Gasteiger partial charge on any atom is -0.467 e. The van der Waals surface area contributed by atoms with E-state index in [1.54, 1.807) is 39.3 Å². The van der Waals surface area contributed by atoms with Crippen LogP contribution in [0.5, 0.6) is 0 Å². The van der Waals surface area contributed by atoms with Crippen molar-refractivity contribution < 1.29 is 14.0 Å². The molecular weight excluding hydrogens is 474 g/mol. The first-order valence-electron chi connectivity index (χ1n) is 11.6. The zero-order valence-electron chi connectivity index (χ0n) is 19.7. The quantitative estimate of drug-likeness (QED) is 0.323. The molecule has 0 bridgehead atoms. The van der Waals surface area contributed by atoms with Crippen molar-refractivity contribution in [1.82, 2.24) is 25.2 Å². The number of benzene rings is 2. The molecule has 3 aromatic heterocycles. The maximum atomic E-state index is 13.8. The van der Waals surface area contributed by atoms with Gasteiger partial charge in [-0.05, 0) is 48.2 Å². The fourth-order valence-electron chi connectivity index (χ4n) is 4.05. The number of furan rings is 1. The molecule has 8 nitrogen and oxygen atoms in total. The van der Waals surface area contributed by atoms with Gasteiger partial charge in [-0.1, -0.05) is 53.2 Å². The summed E-state index contributed by atoms with van der Waals surface area (Å²) in [5, 5.41) is 13.3. The maximum absolute atomic E-state index is 13.8. The molecule has 0 fully saturated rings. The number of amides is 2. The molecule has 9 heteroatoms. The summed E-state index contributed by atoms with van der Waals surface area (Å²) in [4.78, 5) is 30.1. The van der Waals surface area contributed by atoms with Gasteiger partial charge in [0.1, 0.15) is 23.9 Å². The molecular formula is C27H25N5O3S. The highest BCUT2D eigenvalue weighted by Gasteiger charge is 2.32. The molecule has 2 aromatic carbocycles. The van der Waals surface area contributed by atoms with E-state index in [0.29, 0.717) is 11.3 Å². The first-order valence-corrected chi connectivity index (χ1v) is 12.4. The minimum atomic E-state index is -0.843. The molecule has 36 heavy (non-hydrogen) atoms. The van der Waals surface area contributed by atoms with Gasteiger partial charge >= 0.3 is 0 Å². The average molecular weight is 500 g/mol. The lowest BCUT2D eigenvalue weighted by molar-refractivity contribution is -0.142. The van der Waals surface area contributed by atoms with Crippen LogP contribution in [-0.2, 0) is 29.2 Å². The molecule has 0 radical (unpaired) electrons. The van der Waals surface area contributed by atoms with Gasteiger partial charge < -0.3 is 14.6 Å². The second-order valence-corrected chi connectivity index (χ2v) is 9.48. The molecule has 0 unspecified atom stereocenters. The Morgan fingerprint density at radius 2 is 1.89 bits per heavy atom. The van der Waals surface area contributed by atoms with E-state index in [2.05, 4.69) is 15.6 Å². The summed E-state index contributed by atoms with van der Waals surface area (Å²) in [6.07, 6.45) is 1.56. The van der Waals surface area contributed by atoms with E-state index in [1.165, 1.54) is 0 Å². The van der Waals surface area contributed by atoms with Gasteiger partial charge in [-0.15, -0.1) is 16.4 Å². The van der Waals surface area contributed by atoms with Crippen LogP contribution in [0, 0.1) is 6.92 Å². The lowest BCUT2D eigenvalue weighted by Crippen LogP contribution is -2.44. The van der Waals surface area contributed by atoms with E-state index in [1.807, 2.05) is 73.0 Å². The van der Waals surface area contributed by atoms with E-state index in [0.717, 1.165) is 21.5 Å². The molecule has 182 valence electrons. The number of hydrogen-bond acceptors (Lipinski definition) is 6. The Morgan fingerprint density at radius 1 is 1.06 bits per heavy atom. The Morgan fingerprint density at radius 3 is 2.64 bits per heavy atom. The summed E-state index contributed by atoms with van der Waals surface area (Å²) in [6, 6.07) is 21.8. The maximum Gasteiger partial charge on any atom is 0.247 e. The van der Waals surface area contributed by atoms with Crippen molar-refractivity contribution >= 4 is 34.2 Å². The van der Waals surface area contributed by atoms with Gasteiger partial charge in [0.05, 0.1) is 24.9 Å². The van der Waals surface area contributed by atoms with Crippen LogP contribution in [0.1, 0.15) is 27.8 Å². The van der Waals surface area contributed by atoms with Crippen LogP contribution in [0.15, 0.2) is 88.9 Å². The number of carbonyl (C=O) groups excluding carboxylic acids is 2. The Hall–Kier alpha value is -4.24. The summed E-state index contributed by atoms with van der Waals surface area (Å²) in [7, 11) is 0. The van der Waals surface area contributed by atoms with Crippen LogP contribution in [0.4, 0.5) is 0 Å². The van der Waals surface area contributed by atoms with Crippen LogP contribution >= 0.6 is 11.3 Å². The molecule has 0 aliphatic rings. The molecule has 5 rings (SSSR count). The molecule has 0 spiro atoms. The number of carbonyl (C=O) groups is 2. The Bertz CT molecular complexity index is 1440. The van der Waals surface area contributed by atoms with Crippen LogP contribution in [0.3, 0.4) is 0 Å². The number of aryl methyl sites for hydroxylation is 1. The summed E-state index contributed by atoms with van der Waals surface area (Å²) in [5.74, 6) is 0.109. The highest BCUT2D eigenvalue weighted by molar-refractivity contribution is 7.09. The average Bonchev–Trinajstić information content (AvgIpc) is 3.67. The summed E-state index contributed by atoms with van der Waals surface area (Å²) >= 11 is 1.54. The van der Waals surface area contributed by atoms with Gasteiger partial charge in [0.25, 0.3) is 0 Å². The van der Waals surface area contributed by atoms with Gasteiger partial charge in [-0.3, -0.25) is 9.59 Å². The molecule has 0 saturated heterocycles. The molecule has 1 atom stereocenters. The monoisotopic (exact) mass is 499 g/mol. The molecule has 0 aliphatic carbocycles. The second kappa shape index (κ2) is 10.6. The molecule has 1 N–H and O–H groups in total. The zero-order chi connectivity index (χ0) is 24.9. The Kier molecular flexibility index (Phi) is 6.90. The van der Waals surface area contributed by atoms with E-state index < -0.39 is 6.04 Å². The third-order valence-corrected chi connectivity index (χ3v) is 6.76. The number of aromatic nitrogens is 3. The number of nitrogens with one attached hydrogen (secondary N) is 1. The first kappa shape index (κ1) is 23.5. The predicted molar refractivity (Wildman–Crippen MR) is 137 cm³/mol. The third-order valence-electron chi connectivity index (χ3n) is 5.90. The zero-order valence-corrected chi connectivity index (χ0v) is 20.5. The predicted octanol–water partition coefficient (Wildman–Crippen LogP) is 4.48. The normalized spacial score (nSPS) is 11.9. The summed E-state index contributed by atoms with van der Waals surface area (Å²) in [5.41, 5.74) is 3.27.